The maximum Gasteiger partial charge on any atom is 0.258 e. The van der Waals surface area contributed by atoms with Crippen LogP contribution in [-0.2, 0) is 21.4 Å². The van der Waals surface area contributed by atoms with Crippen LogP contribution >= 0.6 is 0 Å². The monoisotopic (exact) mass is 658 g/mol. The highest BCUT2D eigenvalue weighted by Gasteiger charge is 2.39. The first kappa shape index (κ1) is 31.7. The number of rotatable bonds is 2. The van der Waals surface area contributed by atoms with E-state index in [-0.39, 0.29) is 48.2 Å². The van der Waals surface area contributed by atoms with Gasteiger partial charge in [0, 0.05) is 18.7 Å². The third kappa shape index (κ3) is 7.11. The zero-order valence-corrected chi connectivity index (χ0v) is 26.1. The van der Waals surface area contributed by atoms with Crippen LogP contribution in [0.2, 0.25) is 0 Å². The molecule has 0 radical (unpaired) electrons. The minimum absolute atomic E-state index is 0.000901. The molecule has 6 bridgehead atoms. The summed E-state index contributed by atoms with van der Waals surface area (Å²) in [6.07, 6.45) is -0.749. The number of ether oxygens (including phenoxy) is 2. The van der Waals surface area contributed by atoms with E-state index in [1.165, 1.54) is 41.3 Å². The van der Waals surface area contributed by atoms with Crippen LogP contribution in [0.3, 0.4) is 0 Å². The van der Waals surface area contributed by atoms with Crippen LogP contribution in [0.5, 0.6) is 11.5 Å². The smallest absolute Gasteiger partial charge is 0.258 e. The Balaban J connectivity index is 1.35. The average molecular weight is 659 g/mol. The molecule has 4 aromatic rings. The normalized spacial score (nSPS) is 18.3. The summed E-state index contributed by atoms with van der Waals surface area (Å²) >= 11 is 0. The van der Waals surface area contributed by atoms with Gasteiger partial charge in [-0.2, -0.15) is 0 Å². The second-order valence-corrected chi connectivity index (χ2v) is 13.0. The van der Waals surface area contributed by atoms with E-state index >= 15 is 4.39 Å². The maximum absolute atomic E-state index is 15.1. The van der Waals surface area contributed by atoms with Gasteiger partial charge in [0.05, 0.1) is 23.0 Å². The van der Waals surface area contributed by atoms with Crippen molar-refractivity contribution in [3.8, 4) is 22.6 Å². The van der Waals surface area contributed by atoms with Crippen LogP contribution in [0.4, 0.5) is 4.39 Å². The van der Waals surface area contributed by atoms with Crippen LogP contribution in [0.25, 0.3) is 11.1 Å². The molecule has 0 saturated carbocycles. The van der Waals surface area contributed by atoms with Crippen molar-refractivity contribution in [3.05, 3.63) is 113 Å². The average Bonchev–Trinajstić information content (AvgIpc) is 3.44. The molecule has 0 unspecified atom stereocenters. The van der Waals surface area contributed by atoms with Crippen LogP contribution in [-0.4, -0.2) is 62.9 Å². The molecule has 13 heteroatoms. The number of primary sulfonamides is 1. The van der Waals surface area contributed by atoms with Crippen LogP contribution < -0.4 is 25.2 Å². The summed E-state index contributed by atoms with van der Waals surface area (Å²) in [4.78, 5) is 41.0. The van der Waals surface area contributed by atoms with Crippen molar-refractivity contribution in [2.24, 2.45) is 5.14 Å². The molecule has 1 fully saturated rings. The minimum Gasteiger partial charge on any atom is -0.486 e. The maximum atomic E-state index is 15.1. The number of nitrogens with one attached hydrogen (secondary N) is 2. The van der Waals surface area contributed by atoms with Gasteiger partial charge in [0.15, 0.2) is 6.61 Å². The summed E-state index contributed by atoms with van der Waals surface area (Å²) in [5.74, 6) is -1.40. The van der Waals surface area contributed by atoms with Crippen LogP contribution in [0, 0.1) is 12.7 Å². The Labute approximate surface area is 270 Å². The lowest BCUT2D eigenvalue weighted by Crippen LogP contribution is -2.45. The number of amides is 3. The summed E-state index contributed by atoms with van der Waals surface area (Å²) in [6.45, 7) is 1.75. The van der Waals surface area contributed by atoms with E-state index in [2.05, 4.69) is 10.6 Å². The number of carbonyl (C=O) groups is 3. The fraction of sp³-hybridized carbons (Fsp3) is 0.206. The number of sulfonamides is 1. The third-order valence-corrected chi connectivity index (χ3v) is 9.00. The molecular formula is C34H31FN4O7S. The Morgan fingerprint density at radius 1 is 0.936 bits per heavy atom. The molecule has 3 amide bonds. The van der Waals surface area contributed by atoms with Crippen LogP contribution in [0.15, 0.2) is 89.8 Å². The van der Waals surface area contributed by atoms with Gasteiger partial charge in [0.1, 0.15) is 23.4 Å². The Hall–Kier alpha value is -5.27. The summed E-state index contributed by atoms with van der Waals surface area (Å²) in [6, 6.07) is 21.3. The second-order valence-electron chi connectivity index (χ2n) is 11.4. The first-order chi connectivity index (χ1) is 22.4. The van der Waals surface area contributed by atoms with Gasteiger partial charge in [-0.1, -0.05) is 36.4 Å². The van der Waals surface area contributed by atoms with Crippen molar-refractivity contribution in [3.63, 3.8) is 0 Å². The Kier molecular flexibility index (Phi) is 8.67. The van der Waals surface area contributed by atoms with E-state index in [1.54, 1.807) is 55.5 Å². The third-order valence-electron chi connectivity index (χ3n) is 8.09. The molecule has 4 aromatic carbocycles. The molecule has 0 aliphatic carbocycles. The van der Waals surface area contributed by atoms with E-state index in [4.69, 9.17) is 14.6 Å². The van der Waals surface area contributed by atoms with Crippen molar-refractivity contribution in [1.29, 1.82) is 0 Å². The minimum atomic E-state index is -4.07. The van der Waals surface area contributed by atoms with E-state index in [0.29, 0.717) is 28.2 Å². The van der Waals surface area contributed by atoms with E-state index in [0.717, 1.165) is 5.56 Å². The first-order valence-electron chi connectivity index (χ1n) is 14.7. The predicted octanol–water partition coefficient (Wildman–Crippen LogP) is 3.16. The van der Waals surface area contributed by atoms with Gasteiger partial charge < -0.3 is 25.0 Å². The van der Waals surface area contributed by atoms with Crippen molar-refractivity contribution < 1.29 is 36.7 Å². The van der Waals surface area contributed by atoms with E-state index in [1.807, 2.05) is 0 Å². The SMILES string of the molecule is Cc1ccc(S(N)(=O)=O)cc1C(=O)N1C[C@@H]2NC(=O)c3cc(ccc3F)-c3cccc(c3)OCC(=O)NCc3ccc(cc3)O[C@H]2C1. The van der Waals surface area contributed by atoms with Gasteiger partial charge in [-0.3, -0.25) is 14.4 Å². The van der Waals surface area contributed by atoms with E-state index < -0.39 is 39.8 Å². The Bertz CT molecular complexity index is 1980. The fourth-order valence-corrected chi connectivity index (χ4v) is 6.07. The molecule has 11 nitrogen and oxygen atoms in total. The van der Waals surface area contributed by atoms with Crippen molar-refractivity contribution in [2.45, 2.75) is 30.5 Å². The zero-order chi connectivity index (χ0) is 33.3. The Morgan fingerprint density at radius 3 is 2.47 bits per heavy atom. The summed E-state index contributed by atoms with van der Waals surface area (Å²) in [7, 11) is -4.07. The van der Waals surface area contributed by atoms with Gasteiger partial charge in [-0.05, 0) is 77.7 Å². The van der Waals surface area contributed by atoms with Gasteiger partial charge in [-0.15, -0.1) is 0 Å². The number of halogens is 1. The first-order valence-corrected chi connectivity index (χ1v) is 16.3. The fourth-order valence-electron chi connectivity index (χ4n) is 5.53. The second kappa shape index (κ2) is 12.9. The molecule has 0 aromatic heterocycles. The molecule has 7 rings (SSSR count). The summed E-state index contributed by atoms with van der Waals surface area (Å²) in [5.41, 5.74) is 2.44. The molecule has 2 atom stereocenters. The number of likely N-dealkylation sites (tertiary alicyclic amines) is 1. The van der Waals surface area contributed by atoms with E-state index in [9.17, 15) is 22.8 Å². The molecule has 242 valence electrons. The molecule has 3 heterocycles. The number of hydrogen-bond acceptors (Lipinski definition) is 7. The number of benzene rings is 4. The number of carbonyl (C=O) groups excluding carboxylic acids is 3. The lowest BCUT2D eigenvalue weighted by Gasteiger charge is -2.21. The van der Waals surface area contributed by atoms with Gasteiger partial charge in [0.25, 0.3) is 17.7 Å². The Morgan fingerprint density at radius 2 is 1.70 bits per heavy atom. The van der Waals surface area contributed by atoms with Gasteiger partial charge in [0.2, 0.25) is 10.0 Å². The molecule has 3 aliphatic heterocycles. The number of nitrogens with zero attached hydrogens (tertiary/aromatic N) is 1. The van der Waals surface area contributed by atoms with Crippen LogP contribution in [0.1, 0.15) is 31.8 Å². The number of nitrogens with two attached hydrogens (primary N) is 1. The largest absolute Gasteiger partial charge is 0.486 e. The topological polar surface area (TPSA) is 157 Å². The molecule has 3 aliphatic rings. The standard InChI is InChI=1S/C34H31FN4O7S/c1-20-5-11-26(47(36,43)44)15-27(20)34(42)39-17-30-31(18-39)46-24-9-6-21(7-10-24)16-37-32(40)19-45-25-4-2-3-22(13-25)23-8-12-29(35)28(14-23)33(41)38-30/h2-15,30-31H,16-19H2,1H3,(H,37,40)(H,38,41)(H2,36,43,44)/t30-,31-/m0/s1. The van der Waals surface area contributed by atoms with Crippen molar-refractivity contribution in [1.82, 2.24) is 15.5 Å². The summed E-state index contributed by atoms with van der Waals surface area (Å²) in [5, 5.41) is 11.0. The quantitative estimate of drug-likeness (QED) is 0.299. The van der Waals surface area contributed by atoms with Gasteiger partial charge in [-0.25, -0.2) is 17.9 Å². The molecule has 1 saturated heterocycles. The highest BCUT2D eigenvalue weighted by atomic mass is 32.2. The lowest BCUT2D eigenvalue weighted by molar-refractivity contribution is -0.123. The highest BCUT2D eigenvalue weighted by Crippen LogP contribution is 2.28. The highest BCUT2D eigenvalue weighted by molar-refractivity contribution is 7.89. The molecular weight excluding hydrogens is 627 g/mol. The van der Waals surface area contributed by atoms with Crippen molar-refractivity contribution in [2.75, 3.05) is 19.7 Å². The zero-order valence-electron chi connectivity index (χ0n) is 25.2. The molecule has 4 N–H and O–H groups in total. The number of fused-ring (bicyclic) bond motifs is 7. The lowest BCUT2D eigenvalue weighted by atomic mass is 10.0. The molecule has 0 spiro atoms. The summed E-state index contributed by atoms with van der Waals surface area (Å²) < 4.78 is 51.0. The molecule has 47 heavy (non-hydrogen) atoms. The number of hydrogen-bond donors (Lipinski definition) is 3. The predicted molar refractivity (Wildman–Crippen MR) is 170 cm³/mol. The van der Waals surface area contributed by atoms with Crippen molar-refractivity contribution >= 4 is 27.7 Å². The van der Waals surface area contributed by atoms with Gasteiger partial charge >= 0.3 is 0 Å². The number of aryl methyl sites for hydroxylation is 1.